The summed E-state index contributed by atoms with van der Waals surface area (Å²) in [5.41, 5.74) is 1.77. The van der Waals surface area contributed by atoms with Crippen LogP contribution in [0.3, 0.4) is 0 Å². The molecule has 1 aromatic heterocycles. The van der Waals surface area contributed by atoms with Crippen LogP contribution in [0.2, 0.25) is 0 Å². The van der Waals surface area contributed by atoms with Gasteiger partial charge in [-0.05, 0) is 49.1 Å². The quantitative estimate of drug-likeness (QED) is 0.500. The van der Waals surface area contributed by atoms with E-state index in [9.17, 15) is 23.2 Å². The van der Waals surface area contributed by atoms with Gasteiger partial charge in [-0.25, -0.2) is 8.78 Å². The zero-order chi connectivity index (χ0) is 24.2. The summed E-state index contributed by atoms with van der Waals surface area (Å²) in [5, 5.41) is 4.24. The molecule has 0 aliphatic carbocycles. The van der Waals surface area contributed by atoms with E-state index in [4.69, 9.17) is 4.74 Å². The van der Waals surface area contributed by atoms with Crippen molar-refractivity contribution in [2.75, 3.05) is 16.8 Å². The first kappa shape index (κ1) is 23.6. The number of aryl methyl sites for hydroxylation is 1. The van der Waals surface area contributed by atoms with Gasteiger partial charge in [-0.15, -0.1) is 11.3 Å². The summed E-state index contributed by atoms with van der Waals surface area (Å²) < 4.78 is 31.7. The van der Waals surface area contributed by atoms with Gasteiger partial charge in [-0.3, -0.25) is 14.4 Å². The first-order valence-corrected chi connectivity index (χ1v) is 11.5. The van der Waals surface area contributed by atoms with Crippen molar-refractivity contribution in [3.8, 4) is 0 Å². The van der Waals surface area contributed by atoms with E-state index in [0.29, 0.717) is 5.69 Å². The number of esters is 1. The van der Waals surface area contributed by atoms with Gasteiger partial charge in [0.05, 0.1) is 12.0 Å². The van der Waals surface area contributed by atoms with E-state index in [2.05, 4.69) is 5.32 Å². The highest BCUT2D eigenvalue weighted by atomic mass is 32.1. The second-order valence-corrected chi connectivity index (χ2v) is 8.97. The molecule has 9 heteroatoms. The summed E-state index contributed by atoms with van der Waals surface area (Å²) in [6.45, 7) is 1.36. The summed E-state index contributed by atoms with van der Waals surface area (Å²) in [6, 6.07) is 13.6. The molecule has 34 heavy (non-hydrogen) atoms. The average molecular weight is 485 g/mol. The van der Waals surface area contributed by atoms with E-state index in [1.807, 2.05) is 48.7 Å². The molecule has 2 aromatic carbocycles. The van der Waals surface area contributed by atoms with E-state index >= 15 is 0 Å². The molecule has 1 aliphatic rings. The maximum Gasteiger partial charge on any atom is 0.311 e. The van der Waals surface area contributed by atoms with Crippen molar-refractivity contribution in [3.05, 3.63) is 82.1 Å². The van der Waals surface area contributed by atoms with E-state index in [1.165, 1.54) is 17.4 Å². The van der Waals surface area contributed by atoms with Crippen molar-refractivity contribution >= 4 is 40.5 Å². The molecule has 1 N–H and O–H groups in total. The molecule has 2 atom stereocenters. The van der Waals surface area contributed by atoms with Crippen molar-refractivity contribution < 1.29 is 27.9 Å². The molecule has 176 valence electrons. The first-order chi connectivity index (χ1) is 16.3. The highest BCUT2D eigenvalue weighted by molar-refractivity contribution is 7.10. The third kappa shape index (κ3) is 5.14. The van der Waals surface area contributed by atoms with Gasteiger partial charge in [0.15, 0.2) is 18.2 Å². The smallest absolute Gasteiger partial charge is 0.311 e. The van der Waals surface area contributed by atoms with Crippen molar-refractivity contribution in [3.63, 3.8) is 0 Å². The first-order valence-electron chi connectivity index (χ1n) is 10.7. The number of ether oxygens (including phenoxy) is 1. The summed E-state index contributed by atoms with van der Waals surface area (Å²) in [4.78, 5) is 40.7. The molecule has 0 radical (unpaired) electrons. The van der Waals surface area contributed by atoms with Crippen LogP contribution < -0.4 is 10.2 Å². The van der Waals surface area contributed by atoms with Crippen LogP contribution in [0, 0.1) is 24.5 Å². The van der Waals surface area contributed by atoms with E-state index < -0.39 is 42.1 Å². The number of hydrogen-bond donors (Lipinski definition) is 1. The molecule has 1 saturated heterocycles. The average Bonchev–Trinajstić information content (AvgIpc) is 3.35. The van der Waals surface area contributed by atoms with Crippen molar-refractivity contribution in [2.45, 2.75) is 25.8 Å². The van der Waals surface area contributed by atoms with Crippen molar-refractivity contribution in [2.24, 2.45) is 5.92 Å². The number of amides is 2. The Morgan fingerprint density at radius 3 is 2.56 bits per heavy atom. The Morgan fingerprint density at radius 1 is 1.12 bits per heavy atom. The molecule has 6 nitrogen and oxygen atoms in total. The topological polar surface area (TPSA) is 75.7 Å². The summed E-state index contributed by atoms with van der Waals surface area (Å²) in [5.74, 6) is -4.19. The highest BCUT2D eigenvalue weighted by Crippen LogP contribution is 2.42. The van der Waals surface area contributed by atoms with Gasteiger partial charge in [0, 0.05) is 28.7 Å². The zero-order valence-electron chi connectivity index (χ0n) is 18.3. The van der Waals surface area contributed by atoms with Gasteiger partial charge in [0.25, 0.3) is 5.91 Å². The van der Waals surface area contributed by atoms with Gasteiger partial charge < -0.3 is 15.0 Å². The molecule has 0 bridgehead atoms. The molecule has 2 amide bonds. The van der Waals surface area contributed by atoms with Crippen LogP contribution in [0.25, 0.3) is 0 Å². The molecule has 0 saturated carbocycles. The number of nitrogens with one attached hydrogen (secondary N) is 1. The van der Waals surface area contributed by atoms with Crippen LogP contribution in [0.1, 0.15) is 29.3 Å². The van der Waals surface area contributed by atoms with Gasteiger partial charge in [0.2, 0.25) is 5.91 Å². The number of piperidine rings is 1. The predicted molar refractivity (Wildman–Crippen MR) is 124 cm³/mol. The number of nitrogens with zero attached hydrogens (tertiary/aromatic N) is 1. The number of anilines is 2. The molecule has 0 spiro atoms. The third-order valence-electron chi connectivity index (χ3n) is 5.60. The Kier molecular flexibility index (Phi) is 7.02. The number of rotatable bonds is 6. The minimum absolute atomic E-state index is 0.0465. The molecule has 2 heterocycles. The maximum atomic E-state index is 13.4. The normalized spacial score (nSPS) is 18.0. The van der Waals surface area contributed by atoms with Crippen LogP contribution in [0.5, 0.6) is 0 Å². The van der Waals surface area contributed by atoms with Crippen LogP contribution in [0.15, 0.2) is 60.0 Å². The van der Waals surface area contributed by atoms with Gasteiger partial charge in [0.1, 0.15) is 0 Å². The zero-order valence-corrected chi connectivity index (χ0v) is 19.1. The second kappa shape index (κ2) is 10.1. The van der Waals surface area contributed by atoms with Gasteiger partial charge in [-0.1, -0.05) is 23.8 Å². The van der Waals surface area contributed by atoms with E-state index in [1.54, 1.807) is 4.90 Å². The standard InChI is InChI=1S/C25H22F2N2O4S/c1-15-4-7-17(8-5-15)29-23(31)11-9-18(24(29)21-3-2-12-34-21)25(32)33-14-22(30)28-16-6-10-19(26)20(27)13-16/h2-8,10,12-13,18,24H,9,11,14H2,1H3,(H,28,30)/t18-,24-/m1/s1. The van der Waals surface area contributed by atoms with Crippen LogP contribution in [-0.2, 0) is 19.1 Å². The summed E-state index contributed by atoms with van der Waals surface area (Å²) >= 11 is 1.44. The minimum Gasteiger partial charge on any atom is -0.455 e. The molecule has 0 unspecified atom stereocenters. The Morgan fingerprint density at radius 2 is 1.88 bits per heavy atom. The lowest BCUT2D eigenvalue weighted by Crippen LogP contribution is -2.46. The molecule has 1 fully saturated rings. The molecule has 4 rings (SSSR count). The Labute approximate surface area is 199 Å². The predicted octanol–water partition coefficient (Wildman–Crippen LogP) is 5.00. The number of carbonyl (C=O) groups is 3. The van der Waals surface area contributed by atoms with E-state index in [0.717, 1.165) is 22.6 Å². The molecule has 1 aliphatic heterocycles. The summed E-state index contributed by atoms with van der Waals surface area (Å²) in [7, 11) is 0. The lowest BCUT2D eigenvalue weighted by Gasteiger charge is -2.39. The second-order valence-electron chi connectivity index (χ2n) is 7.99. The SMILES string of the molecule is Cc1ccc(N2C(=O)CC[C@@H](C(=O)OCC(=O)Nc3ccc(F)c(F)c3)[C@@H]2c2cccs2)cc1. The number of benzene rings is 2. The minimum atomic E-state index is -1.10. The number of carbonyl (C=O) groups excluding carboxylic acids is 3. The molecular formula is C25H22F2N2O4S. The monoisotopic (exact) mass is 484 g/mol. The fourth-order valence-corrected chi connectivity index (χ4v) is 4.83. The largest absolute Gasteiger partial charge is 0.455 e. The number of hydrogen-bond acceptors (Lipinski definition) is 5. The van der Waals surface area contributed by atoms with Gasteiger partial charge in [-0.2, -0.15) is 0 Å². The van der Waals surface area contributed by atoms with Crippen molar-refractivity contribution in [1.82, 2.24) is 0 Å². The number of halogens is 2. The fraction of sp³-hybridized carbons (Fsp3) is 0.240. The third-order valence-corrected chi connectivity index (χ3v) is 6.54. The Balaban J connectivity index is 1.50. The van der Waals surface area contributed by atoms with Crippen molar-refractivity contribution in [1.29, 1.82) is 0 Å². The Hall–Kier alpha value is -3.59. The summed E-state index contributed by atoms with van der Waals surface area (Å²) in [6.07, 6.45) is 0.448. The molecular weight excluding hydrogens is 462 g/mol. The number of thiophene rings is 1. The Bertz CT molecular complexity index is 1200. The fourth-order valence-electron chi connectivity index (χ4n) is 3.95. The van der Waals surface area contributed by atoms with Crippen LogP contribution >= 0.6 is 11.3 Å². The lowest BCUT2D eigenvalue weighted by molar-refractivity contribution is -0.153. The van der Waals surface area contributed by atoms with E-state index in [-0.39, 0.29) is 24.4 Å². The van der Waals surface area contributed by atoms with Crippen LogP contribution in [0.4, 0.5) is 20.2 Å². The van der Waals surface area contributed by atoms with Gasteiger partial charge >= 0.3 is 5.97 Å². The molecule has 3 aromatic rings. The van der Waals surface area contributed by atoms with Crippen LogP contribution in [-0.4, -0.2) is 24.4 Å². The highest BCUT2D eigenvalue weighted by Gasteiger charge is 2.43. The lowest BCUT2D eigenvalue weighted by atomic mass is 9.87. The maximum absolute atomic E-state index is 13.4.